The van der Waals surface area contributed by atoms with Gasteiger partial charge < -0.3 is 4.74 Å². The van der Waals surface area contributed by atoms with E-state index in [0.717, 1.165) is 11.1 Å². The smallest absolute Gasteiger partial charge is 0.276 e. The van der Waals surface area contributed by atoms with Gasteiger partial charge in [-0.25, -0.2) is 9.22 Å². The number of benzene rings is 3. The Labute approximate surface area is 163 Å². The lowest BCUT2D eigenvalue weighted by Gasteiger charge is -2.06. The van der Waals surface area contributed by atoms with Gasteiger partial charge >= 0.3 is 0 Å². The van der Waals surface area contributed by atoms with Crippen LogP contribution in [0.15, 0.2) is 82.8 Å². The summed E-state index contributed by atoms with van der Waals surface area (Å²) in [5, 5.41) is 3.80. The van der Waals surface area contributed by atoms with Crippen LogP contribution in [0.25, 0.3) is 0 Å². The third kappa shape index (κ3) is 5.40. The second-order valence-corrected chi connectivity index (χ2v) is 7.81. The van der Waals surface area contributed by atoms with Crippen molar-refractivity contribution in [1.82, 2.24) is 4.83 Å². The lowest BCUT2D eigenvalue weighted by Crippen LogP contribution is -2.18. The summed E-state index contributed by atoms with van der Waals surface area (Å²) >= 11 is 0. The van der Waals surface area contributed by atoms with Crippen LogP contribution in [-0.4, -0.2) is 14.6 Å². The van der Waals surface area contributed by atoms with Crippen LogP contribution in [0.5, 0.6) is 5.75 Å². The molecule has 1 N–H and O–H groups in total. The van der Waals surface area contributed by atoms with Crippen LogP contribution >= 0.6 is 0 Å². The molecule has 0 saturated carbocycles. The highest BCUT2D eigenvalue weighted by Gasteiger charge is 2.11. The Morgan fingerprint density at radius 2 is 1.61 bits per heavy atom. The average Bonchev–Trinajstić information content (AvgIpc) is 2.69. The first-order valence-corrected chi connectivity index (χ1v) is 9.99. The van der Waals surface area contributed by atoms with Crippen molar-refractivity contribution >= 4 is 16.2 Å². The summed E-state index contributed by atoms with van der Waals surface area (Å²) in [5.74, 6) is 0.354. The Bertz CT molecular complexity index is 1050. The highest BCUT2D eigenvalue weighted by molar-refractivity contribution is 7.89. The van der Waals surface area contributed by atoms with E-state index in [-0.39, 0.29) is 10.7 Å². The second kappa shape index (κ2) is 8.67. The molecule has 144 valence electrons. The van der Waals surface area contributed by atoms with E-state index >= 15 is 0 Å². The molecule has 0 heterocycles. The predicted molar refractivity (Wildman–Crippen MR) is 106 cm³/mol. The van der Waals surface area contributed by atoms with Gasteiger partial charge in [0.25, 0.3) is 10.0 Å². The third-order valence-corrected chi connectivity index (χ3v) is 5.16. The molecule has 5 nitrogen and oxygen atoms in total. The minimum Gasteiger partial charge on any atom is -0.489 e. The van der Waals surface area contributed by atoms with E-state index in [1.807, 2.05) is 6.92 Å². The van der Waals surface area contributed by atoms with Gasteiger partial charge in [0.2, 0.25) is 0 Å². The molecule has 0 aliphatic rings. The van der Waals surface area contributed by atoms with E-state index in [2.05, 4.69) is 9.93 Å². The molecule has 7 heteroatoms. The minimum atomic E-state index is -3.70. The number of hydrogen-bond donors (Lipinski definition) is 1. The average molecular weight is 398 g/mol. The van der Waals surface area contributed by atoms with Gasteiger partial charge in [0.05, 0.1) is 11.1 Å². The highest BCUT2D eigenvalue weighted by Crippen LogP contribution is 2.14. The van der Waals surface area contributed by atoms with Crippen molar-refractivity contribution in [2.45, 2.75) is 18.4 Å². The molecular weight excluding hydrogens is 379 g/mol. The van der Waals surface area contributed by atoms with Gasteiger partial charge in [0.1, 0.15) is 18.2 Å². The molecule has 0 aliphatic carbocycles. The molecule has 3 aromatic rings. The number of sulfonamides is 1. The molecule has 0 amide bonds. The molecule has 0 bridgehead atoms. The first-order valence-electron chi connectivity index (χ1n) is 8.51. The number of halogens is 1. The maximum atomic E-state index is 12.9. The molecular formula is C21H19FN2O3S. The van der Waals surface area contributed by atoms with E-state index in [0.29, 0.717) is 17.9 Å². The van der Waals surface area contributed by atoms with Crippen LogP contribution in [0.2, 0.25) is 0 Å². The quantitative estimate of drug-likeness (QED) is 0.483. The van der Waals surface area contributed by atoms with Crippen molar-refractivity contribution < 1.29 is 17.5 Å². The summed E-state index contributed by atoms with van der Waals surface area (Å²) in [5.41, 5.74) is 2.54. The molecule has 0 aromatic heterocycles. The number of ether oxygens (including phenoxy) is 1. The zero-order valence-corrected chi connectivity index (χ0v) is 16.0. The standard InChI is InChI=1S/C21H19FN2O3S/c1-16-2-12-21(13-3-16)28(25,26)24-23-14-17-6-10-20(11-7-17)27-15-18-4-8-19(22)9-5-18/h2-14,24H,15H2,1H3. The molecule has 0 aliphatic heterocycles. The Morgan fingerprint density at radius 1 is 0.964 bits per heavy atom. The highest BCUT2D eigenvalue weighted by atomic mass is 32.2. The third-order valence-electron chi connectivity index (χ3n) is 3.92. The molecule has 28 heavy (non-hydrogen) atoms. The van der Waals surface area contributed by atoms with E-state index in [1.54, 1.807) is 48.5 Å². The van der Waals surface area contributed by atoms with Gasteiger partial charge in [0.15, 0.2) is 0 Å². The van der Waals surface area contributed by atoms with Crippen molar-refractivity contribution in [2.75, 3.05) is 0 Å². The normalized spacial score (nSPS) is 11.5. The van der Waals surface area contributed by atoms with Gasteiger partial charge in [-0.15, -0.1) is 0 Å². The topological polar surface area (TPSA) is 67.8 Å². The molecule has 0 radical (unpaired) electrons. The van der Waals surface area contributed by atoms with E-state index in [9.17, 15) is 12.8 Å². The number of aryl methyl sites for hydroxylation is 1. The Hall–Kier alpha value is -3.19. The van der Waals surface area contributed by atoms with Crippen LogP contribution in [0, 0.1) is 12.7 Å². The van der Waals surface area contributed by atoms with E-state index in [4.69, 9.17) is 4.74 Å². The molecule has 0 spiro atoms. The fourth-order valence-corrected chi connectivity index (χ4v) is 3.13. The van der Waals surface area contributed by atoms with Gasteiger partial charge in [-0.05, 0) is 66.6 Å². The Balaban J connectivity index is 1.56. The SMILES string of the molecule is Cc1ccc(S(=O)(=O)NN=Cc2ccc(OCc3ccc(F)cc3)cc2)cc1. The first kappa shape index (κ1) is 19.6. The van der Waals surface area contributed by atoms with Crippen LogP contribution in [0.1, 0.15) is 16.7 Å². The van der Waals surface area contributed by atoms with Crippen molar-refractivity contribution in [2.24, 2.45) is 5.10 Å². The predicted octanol–water partition coefficient (Wildman–Crippen LogP) is 4.03. The molecule has 0 fully saturated rings. The van der Waals surface area contributed by atoms with E-state index in [1.165, 1.54) is 30.5 Å². The molecule has 0 atom stereocenters. The fraction of sp³-hybridized carbons (Fsp3) is 0.0952. The second-order valence-electron chi connectivity index (χ2n) is 6.15. The van der Waals surface area contributed by atoms with Crippen LogP contribution in [0.4, 0.5) is 4.39 Å². The molecule has 0 unspecified atom stereocenters. The van der Waals surface area contributed by atoms with Crippen molar-refractivity contribution in [3.05, 3.63) is 95.3 Å². The van der Waals surface area contributed by atoms with E-state index < -0.39 is 10.0 Å². The van der Waals surface area contributed by atoms with Crippen molar-refractivity contribution in [3.63, 3.8) is 0 Å². The molecule has 0 saturated heterocycles. The maximum absolute atomic E-state index is 12.9. The zero-order valence-electron chi connectivity index (χ0n) is 15.2. The number of hydrogen-bond acceptors (Lipinski definition) is 4. The summed E-state index contributed by atoms with van der Waals surface area (Å²) in [4.78, 5) is 2.34. The lowest BCUT2D eigenvalue weighted by atomic mass is 10.2. The van der Waals surface area contributed by atoms with Crippen LogP contribution in [-0.2, 0) is 16.6 Å². The summed E-state index contributed by atoms with van der Waals surface area (Å²) < 4.78 is 42.8. The van der Waals surface area contributed by atoms with Gasteiger partial charge in [0, 0.05) is 0 Å². The Kier molecular flexibility index (Phi) is 6.06. The minimum absolute atomic E-state index is 0.153. The van der Waals surface area contributed by atoms with Gasteiger partial charge in [-0.1, -0.05) is 29.8 Å². The monoisotopic (exact) mass is 398 g/mol. The first-order chi connectivity index (χ1) is 13.4. The molecule has 3 aromatic carbocycles. The van der Waals surface area contributed by atoms with Crippen molar-refractivity contribution in [3.8, 4) is 5.75 Å². The fourth-order valence-electron chi connectivity index (χ4n) is 2.34. The van der Waals surface area contributed by atoms with Gasteiger partial charge in [-0.2, -0.15) is 13.5 Å². The summed E-state index contributed by atoms with van der Waals surface area (Å²) in [6, 6.07) is 19.6. The van der Waals surface area contributed by atoms with Crippen molar-refractivity contribution in [1.29, 1.82) is 0 Å². The summed E-state index contributed by atoms with van der Waals surface area (Å²) in [7, 11) is -3.70. The number of nitrogens with zero attached hydrogens (tertiary/aromatic N) is 1. The zero-order chi connectivity index (χ0) is 20.0. The van der Waals surface area contributed by atoms with Crippen LogP contribution in [0.3, 0.4) is 0 Å². The number of hydrazone groups is 1. The lowest BCUT2D eigenvalue weighted by molar-refractivity contribution is 0.306. The largest absolute Gasteiger partial charge is 0.489 e. The Morgan fingerprint density at radius 3 is 2.25 bits per heavy atom. The van der Waals surface area contributed by atoms with Gasteiger partial charge in [-0.3, -0.25) is 0 Å². The molecule has 3 rings (SSSR count). The summed E-state index contributed by atoms with van der Waals surface area (Å²) in [6.45, 7) is 2.21. The number of nitrogens with one attached hydrogen (secondary N) is 1. The summed E-state index contributed by atoms with van der Waals surface area (Å²) in [6.07, 6.45) is 1.41. The maximum Gasteiger partial charge on any atom is 0.276 e. The number of rotatable bonds is 7. The van der Waals surface area contributed by atoms with Crippen LogP contribution < -0.4 is 9.57 Å².